The lowest BCUT2D eigenvalue weighted by atomic mass is 10.0. The Morgan fingerprint density at radius 3 is 2.58 bits per heavy atom. The number of thioether (sulfide) groups is 1. The number of fused-ring (bicyclic) bond motifs is 1. The Labute approximate surface area is 157 Å². The Kier molecular flexibility index (Phi) is 5.27. The Morgan fingerprint density at radius 2 is 1.92 bits per heavy atom. The number of aromatic nitrogens is 4. The summed E-state index contributed by atoms with van der Waals surface area (Å²) in [6, 6.07) is 10.0. The first-order chi connectivity index (χ1) is 12.4. The quantitative estimate of drug-likeness (QED) is 0.646. The van der Waals surface area contributed by atoms with Gasteiger partial charge in [-0.2, -0.15) is 4.98 Å². The van der Waals surface area contributed by atoms with Crippen molar-refractivity contribution in [2.45, 2.75) is 38.4 Å². The molecule has 0 N–H and O–H groups in total. The third-order valence-corrected chi connectivity index (χ3v) is 5.33. The summed E-state index contributed by atoms with van der Waals surface area (Å²) in [6.07, 6.45) is 2.23. The average Bonchev–Trinajstić information content (AvgIpc) is 3.07. The van der Waals surface area contributed by atoms with E-state index < -0.39 is 0 Å². The van der Waals surface area contributed by atoms with Crippen LogP contribution >= 0.6 is 11.8 Å². The predicted octanol–water partition coefficient (Wildman–Crippen LogP) is 3.23. The summed E-state index contributed by atoms with van der Waals surface area (Å²) in [5.74, 6) is 0.630. The van der Waals surface area contributed by atoms with Crippen molar-refractivity contribution in [3.63, 3.8) is 0 Å². The fraction of sp³-hybridized carbons (Fsp3) is 0.368. The lowest BCUT2D eigenvalue weighted by Crippen LogP contribution is -2.31. The third-order valence-electron chi connectivity index (χ3n) is 4.80. The van der Waals surface area contributed by atoms with Gasteiger partial charge in [-0.25, -0.2) is 9.50 Å². The molecule has 0 radical (unpaired) electrons. The van der Waals surface area contributed by atoms with Gasteiger partial charge in [0.25, 0.3) is 5.78 Å². The van der Waals surface area contributed by atoms with Crippen LogP contribution in [0.2, 0.25) is 0 Å². The first-order valence-corrected chi connectivity index (χ1v) is 9.72. The maximum atomic E-state index is 12.9. The summed E-state index contributed by atoms with van der Waals surface area (Å²) in [4.78, 5) is 23.6. The van der Waals surface area contributed by atoms with Crippen LogP contribution in [-0.4, -0.2) is 43.7 Å². The van der Waals surface area contributed by atoms with Crippen molar-refractivity contribution in [3.8, 4) is 0 Å². The summed E-state index contributed by atoms with van der Waals surface area (Å²) in [7, 11) is 1.85. The summed E-state index contributed by atoms with van der Waals surface area (Å²) < 4.78 is 1.72. The van der Waals surface area contributed by atoms with Crippen LogP contribution in [0, 0.1) is 13.8 Å². The molecule has 0 aliphatic heterocycles. The van der Waals surface area contributed by atoms with E-state index in [9.17, 15) is 4.79 Å². The van der Waals surface area contributed by atoms with Crippen LogP contribution in [0.25, 0.3) is 5.78 Å². The minimum Gasteiger partial charge on any atom is -0.339 e. The number of benzene rings is 1. The van der Waals surface area contributed by atoms with Gasteiger partial charge in [-0.05, 0) is 32.6 Å². The molecule has 0 bridgehead atoms. The zero-order valence-corrected chi connectivity index (χ0v) is 16.5. The van der Waals surface area contributed by atoms with E-state index in [1.807, 2.05) is 64.4 Å². The fourth-order valence-corrected chi connectivity index (χ4v) is 3.32. The number of amides is 1. The van der Waals surface area contributed by atoms with E-state index in [0.29, 0.717) is 17.4 Å². The highest BCUT2D eigenvalue weighted by Gasteiger charge is 2.21. The fourth-order valence-electron chi connectivity index (χ4n) is 2.98. The zero-order chi connectivity index (χ0) is 18.8. The molecule has 2 heterocycles. The van der Waals surface area contributed by atoms with Crippen molar-refractivity contribution in [2.75, 3.05) is 13.3 Å². The standard InChI is InChI=1S/C19H23N5OS/c1-12-16(14(3)24-18(20-12)21-19(22-24)26-5)11-17(25)23(4)13(2)15-9-7-6-8-10-15/h6-10,13H,11H2,1-5H3. The number of hydrogen-bond donors (Lipinski definition) is 0. The van der Waals surface area contributed by atoms with Crippen LogP contribution in [0.3, 0.4) is 0 Å². The monoisotopic (exact) mass is 369 g/mol. The highest BCUT2D eigenvalue weighted by molar-refractivity contribution is 7.98. The number of hydrogen-bond acceptors (Lipinski definition) is 5. The van der Waals surface area contributed by atoms with E-state index in [1.165, 1.54) is 11.8 Å². The molecule has 7 heteroatoms. The van der Waals surface area contributed by atoms with Crippen LogP contribution in [-0.2, 0) is 11.2 Å². The van der Waals surface area contributed by atoms with Gasteiger partial charge in [-0.1, -0.05) is 42.1 Å². The number of likely N-dealkylation sites (N-methyl/N-ethyl adjacent to an activating group) is 1. The zero-order valence-electron chi connectivity index (χ0n) is 15.7. The molecule has 1 amide bonds. The SMILES string of the molecule is CSc1nc2nc(C)c(CC(=O)N(C)C(C)c3ccccc3)c(C)n2n1. The number of nitrogens with zero attached hydrogens (tertiary/aromatic N) is 5. The van der Waals surface area contributed by atoms with E-state index >= 15 is 0 Å². The maximum absolute atomic E-state index is 12.9. The van der Waals surface area contributed by atoms with Crippen molar-refractivity contribution in [2.24, 2.45) is 0 Å². The van der Waals surface area contributed by atoms with Crippen molar-refractivity contribution < 1.29 is 4.79 Å². The van der Waals surface area contributed by atoms with Gasteiger partial charge >= 0.3 is 0 Å². The van der Waals surface area contributed by atoms with Gasteiger partial charge in [-0.15, -0.1) is 5.10 Å². The molecule has 1 atom stereocenters. The average molecular weight is 369 g/mol. The summed E-state index contributed by atoms with van der Waals surface area (Å²) in [5.41, 5.74) is 3.76. The van der Waals surface area contributed by atoms with E-state index in [-0.39, 0.29) is 11.9 Å². The highest BCUT2D eigenvalue weighted by atomic mass is 32.2. The number of aryl methyl sites for hydroxylation is 2. The number of carbonyl (C=O) groups excluding carboxylic acids is 1. The summed E-state index contributed by atoms with van der Waals surface area (Å²) in [6.45, 7) is 5.92. The lowest BCUT2D eigenvalue weighted by Gasteiger charge is -2.26. The van der Waals surface area contributed by atoms with Gasteiger partial charge < -0.3 is 4.90 Å². The molecule has 0 saturated carbocycles. The van der Waals surface area contributed by atoms with E-state index in [2.05, 4.69) is 15.1 Å². The van der Waals surface area contributed by atoms with Crippen molar-refractivity contribution >= 4 is 23.4 Å². The Hall–Kier alpha value is -2.41. The molecular weight excluding hydrogens is 346 g/mol. The molecule has 0 spiro atoms. The molecule has 1 aromatic carbocycles. The van der Waals surface area contributed by atoms with Crippen molar-refractivity contribution in [1.82, 2.24) is 24.5 Å². The molecule has 0 saturated heterocycles. The van der Waals surface area contributed by atoms with Gasteiger partial charge in [0, 0.05) is 24.0 Å². The number of carbonyl (C=O) groups is 1. The van der Waals surface area contributed by atoms with Crippen LogP contribution in [0.4, 0.5) is 0 Å². The highest BCUT2D eigenvalue weighted by Crippen LogP contribution is 2.21. The first kappa shape index (κ1) is 18.4. The molecule has 1 unspecified atom stereocenters. The summed E-state index contributed by atoms with van der Waals surface area (Å²) >= 11 is 1.48. The second-order valence-corrected chi connectivity index (χ2v) is 7.11. The van der Waals surface area contributed by atoms with E-state index in [1.54, 1.807) is 9.42 Å². The smallest absolute Gasteiger partial charge is 0.253 e. The van der Waals surface area contributed by atoms with Gasteiger partial charge in [0.15, 0.2) is 0 Å². The Bertz CT molecular complexity index is 938. The lowest BCUT2D eigenvalue weighted by molar-refractivity contribution is -0.131. The molecule has 0 aliphatic rings. The molecule has 6 nitrogen and oxygen atoms in total. The first-order valence-electron chi connectivity index (χ1n) is 8.49. The minimum absolute atomic E-state index is 0.00969. The van der Waals surface area contributed by atoms with Crippen molar-refractivity contribution in [3.05, 3.63) is 52.8 Å². The van der Waals surface area contributed by atoms with Crippen LogP contribution in [0.1, 0.15) is 35.5 Å². The van der Waals surface area contributed by atoms with Crippen molar-refractivity contribution in [1.29, 1.82) is 0 Å². The largest absolute Gasteiger partial charge is 0.339 e. The maximum Gasteiger partial charge on any atom is 0.253 e. The molecule has 0 fully saturated rings. The second kappa shape index (κ2) is 7.45. The topological polar surface area (TPSA) is 63.4 Å². The van der Waals surface area contributed by atoms with Crippen LogP contribution < -0.4 is 0 Å². The molecule has 3 aromatic rings. The second-order valence-electron chi connectivity index (χ2n) is 6.34. The normalized spacial score (nSPS) is 12.3. The molecule has 26 heavy (non-hydrogen) atoms. The molecule has 2 aromatic heterocycles. The Balaban J connectivity index is 1.87. The van der Waals surface area contributed by atoms with E-state index in [0.717, 1.165) is 22.5 Å². The number of rotatable bonds is 5. The van der Waals surface area contributed by atoms with Gasteiger partial charge in [-0.3, -0.25) is 4.79 Å². The predicted molar refractivity (Wildman–Crippen MR) is 103 cm³/mol. The summed E-state index contributed by atoms with van der Waals surface area (Å²) in [5, 5.41) is 5.13. The minimum atomic E-state index is 0.00969. The Morgan fingerprint density at radius 1 is 1.23 bits per heavy atom. The van der Waals surface area contributed by atoms with Gasteiger partial charge in [0.2, 0.25) is 11.1 Å². The molecule has 136 valence electrons. The van der Waals surface area contributed by atoms with Crippen LogP contribution in [0.5, 0.6) is 0 Å². The van der Waals surface area contributed by atoms with Gasteiger partial charge in [0.1, 0.15) is 0 Å². The van der Waals surface area contributed by atoms with E-state index in [4.69, 9.17) is 0 Å². The molecular formula is C19H23N5OS. The van der Waals surface area contributed by atoms with Gasteiger partial charge in [0.05, 0.1) is 12.5 Å². The molecule has 3 rings (SSSR count). The third kappa shape index (κ3) is 3.44. The molecule has 0 aliphatic carbocycles. The van der Waals surface area contributed by atoms with Crippen LogP contribution in [0.15, 0.2) is 35.5 Å².